The van der Waals surface area contributed by atoms with Gasteiger partial charge in [-0.1, -0.05) is 11.6 Å². The number of nitrogens with zero attached hydrogens (tertiary/aromatic N) is 2. The summed E-state index contributed by atoms with van der Waals surface area (Å²) in [4.78, 5) is 4.17. The van der Waals surface area contributed by atoms with Gasteiger partial charge in [0, 0.05) is 11.3 Å². The van der Waals surface area contributed by atoms with Crippen LogP contribution >= 0.6 is 23.4 Å². The minimum absolute atomic E-state index is 0.275. The first-order valence-electron chi connectivity index (χ1n) is 5.57. The molecule has 90 valence electrons. The van der Waals surface area contributed by atoms with Gasteiger partial charge in [0.2, 0.25) is 0 Å². The summed E-state index contributed by atoms with van der Waals surface area (Å²) < 4.78 is 0.275. The Labute approximate surface area is 111 Å². The maximum Gasteiger partial charge on any atom is 0.132 e. The van der Waals surface area contributed by atoms with Crippen molar-refractivity contribution in [3.05, 3.63) is 22.8 Å². The summed E-state index contributed by atoms with van der Waals surface area (Å²) >= 11 is 7.84. The molecule has 0 aliphatic carbocycles. The average Bonchev–Trinajstić information content (AvgIpc) is 2.73. The Bertz CT molecular complexity index is 450. The van der Waals surface area contributed by atoms with Crippen LogP contribution in [0.3, 0.4) is 0 Å². The van der Waals surface area contributed by atoms with Crippen LogP contribution in [0.2, 0.25) is 5.15 Å². The first-order valence-corrected chi connectivity index (χ1v) is 6.93. The Morgan fingerprint density at radius 3 is 3.12 bits per heavy atom. The summed E-state index contributed by atoms with van der Waals surface area (Å²) in [6, 6.07) is 5.38. The highest BCUT2D eigenvalue weighted by atomic mass is 35.5. The number of anilines is 1. The zero-order chi connectivity index (χ0) is 12.3. The molecule has 0 amide bonds. The lowest BCUT2D eigenvalue weighted by atomic mass is 10.1. The average molecular weight is 268 g/mol. The lowest BCUT2D eigenvalue weighted by Gasteiger charge is -2.23. The van der Waals surface area contributed by atoms with Crippen molar-refractivity contribution < 1.29 is 0 Å². The molecule has 17 heavy (non-hydrogen) atoms. The van der Waals surface area contributed by atoms with E-state index in [1.54, 1.807) is 12.1 Å². The van der Waals surface area contributed by atoms with Crippen molar-refractivity contribution in [2.24, 2.45) is 0 Å². The highest BCUT2D eigenvalue weighted by molar-refractivity contribution is 8.00. The van der Waals surface area contributed by atoms with Gasteiger partial charge in [-0.05, 0) is 37.7 Å². The van der Waals surface area contributed by atoms with E-state index in [9.17, 15) is 0 Å². The van der Waals surface area contributed by atoms with Gasteiger partial charge in [0.05, 0.1) is 11.6 Å². The summed E-state index contributed by atoms with van der Waals surface area (Å²) in [5.41, 5.74) is 0.539. The van der Waals surface area contributed by atoms with E-state index in [0.29, 0.717) is 16.5 Å². The number of rotatable bonds is 3. The molecule has 2 heterocycles. The first-order chi connectivity index (χ1) is 8.11. The van der Waals surface area contributed by atoms with E-state index in [-0.39, 0.29) is 4.75 Å². The highest BCUT2D eigenvalue weighted by Crippen LogP contribution is 2.37. The largest absolute Gasteiger partial charge is 0.369 e. The second-order valence-corrected chi connectivity index (χ2v) is 6.50. The molecule has 0 spiro atoms. The summed E-state index contributed by atoms with van der Waals surface area (Å²) in [7, 11) is 0. The van der Waals surface area contributed by atoms with Crippen LogP contribution in [0.5, 0.6) is 0 Å². The Balaban J connectivity index is 2.04. The fraction of sp³-hybridized carbons (Fsp3) is 0.500. The molecular formula is C12H14ClN3S. The van der Waals surface area contributed by atoms with Gasteiger partial charge in [0.15, 0.2) is 0 Å². The van der Waals surface area contributed by atoms with E-state index in [1.165, 1.54) is 18.6 Å². The topological polar surface area (TPSA) is 48.7 Å². The van der Waals surface area contributed by atoms with E-state index in [1.807, 2.05) is 11.8 Å². The van der Waals surface area contributed by atoms with Crippen molar-refractivity contribution in [3.8, 4) is 6.07 Å². The standard InChI is InChI=1S/C12H14ClN3S/c1-12(3-2-4-17-12)8-15-11-6-9(7-14)5-10(13)16-11/h5-6H,2-4,8H2,1H3,(H,15,16). The lowest BCUT2D eigenvalue weighted by molar-refractivity contribution is 0.634. The van der Waals surface area contributed by atoms with E-state index in [2.05, 4.69) is 23.3 Å². The molecule has 0 saturated carbocycles. The fourth-order valence-corrected chi connectivity index (χ4v) is 3.36. The Hall–Kier alpha value is -0.920. The molecule has 1 N–H and O–H groups in total. The highest BCUT2D eigenvalue weighted by Gasteiger charge is 2.29. The Morgan fingerprint density at radius 1 is 1.65 bits per heavy atom. The van der Waals surface area contributed by atoms with Gasteiger partial charge in [-0.3, -0.25) is 0 Å². The molecule has 5 heteroatoms. The Morgan fingerprint density at radius 2 is 2.47 bits per heavy atom. The normalized spacial score (nSPS) is 23.4. The van der Waals surface area contributed by atoms with Crippen molar-refractivity contribution in [3.63, 3.8) is 0 Å². The number of nitriles is 1. The van der Waals surface area contributed by atoms with Gasteiger partial charge in [-0.2, -0.15) is 17.0 Å². The molecule has 1 aromatic rings. The second kappa shape index (κ2) is 5.16. The van der Waals surface area contributed by atoms with E-state index >= 15 is 0 Å². The molecule has 1 unspecified atom stereocenters. The molecule has 1 aromatic heterocycles. The molecule has 0 aromatic carbocycles. The van der Waals surface area contributed by atoms with Gasteiger partial charge in [-0.15, -0.1) is 0 Å². The maximum absolute atomic E-state index is 8.85. The van der Waals surface area contributed by atoms with E-state index in [4.69, 9.17) is 16.9 Å². The molecule has 1 saturated heterocycles. The van der Waals surface area contributed by atoms with Crippen LogP contribution < -0.4 is 5.32 Å². The van der Waals surface area contributed by atoms with Crippen molar-refractivity contribution >= 4 is 29.2 Å². The van der Waals surface area contributed by atoms with Crippen LogP contribution in [0.15, 0.2) is 12.1 Å². The predicted molar refractivity (Wildman–Crippen MR) is 72.5 cm³/mol. The first kappa shape index (κ1) is 12.5. The maximum atomic E-state index is 8.85. The van der Waals surface area contributed by atoms with E-state index < -0.39 is 0 Å². The third-order valence-corrected chi connectivity index (χ3v) is 4.60. The second-order valence-electron chi connectivity index (χ2n) is 4.43. The molecule has 3 nitrogen and oxygen atoms in total. The fourth-order valence-electron chi connectivity index (χ4n) is 1.91. The monoisotopic (exact) mass is 267 g/mol. The molecule has 0 bridgehead atoms. The minimum atomic E-state index is 0.275. The van der Waals surface area contributed by atoms with Crippen LogP contribution in [-0.4, -0.2) is 22.0 Å². The molecule has 1 aliphatic heterocycles. The van der Waals surface area contributed by atoms with Crippen molar-refractivity contribution in [2.75, 3.05) is 17.6 Å². The van der Waals surface area contributed by atoms with Crippen molar-refractivity contribution in [2.45, 2.75) is 24.5 Å². The molecule has 1 atom stereocenters. The summed E-state index contributed by atoms with van der Waals surface area (Å²) in [6.07, 6.45) is 2.49. The quantitative estimate of drug-likeness (QED) is 0.854. The summed E-state index contributed by atoms with van der Waals surface area (Å²) in [5.74, 6) is 1.91. The number of pyridine rings is 1. The van der Waals surface area contributed by atoms with Gasteiger partial charge < -0.3 is 5.32 Å². The third kappa shape index (κ3) is 3.27. The number of hydrogen-bond acceptors (Lipinski definition) is 4. The molecule has 0 radical (unpaired) electrons. The van der Waals surface area contributed by atoms with Crippen LogP contribution in [0.4, 0.5) is 5.82 Å². The van der Waals surface area contributed by atoms with Crippen LogP contribution in [0.1, 0.15) is 25.3 Å². The van der Waals surface area contributed by atoms with E-state index in [0.717, 1.165) is 6.54 Å². The number of halogens is 1. The van der Waals surface area contributed by atoms with Gasteiger partial charge in [0.1, 0.15) is 11.0 Å². The van der Waals surface area contributed by atoms with Crippen molar-refractivity contribution in [1.82, 2.24) is 4.98 Å². The SMILES string of the molecule is CC1(CNc2cc(C#N)cc(Cl)n2)CCCS1. The number of nitrogens with one attached hydrogen (secondary N) is 1. The summed E-state index contributed by atoms with van der Waals surface area (Å²) in [6.45, 7) is 3.11. The zero-order valence-electron chi connectivity index (χ0n) is 9.66. The van der Waals surface area contributed by atoms with Gasteiger partial charge in [-0.25, -0.2) is 4.98 Å². The Kier molecular flexibility index (Phi) is 3.80. The van der Waals surface area contributed by atoms with Crippen LogP contribution in [0, 0.1) is 11.3 Å². The zero-order valence-corrected chi connectivity index (χ0v) is 11.2. The number of hydrogen-bond donors (Lipinski definition) is 1. The number of thioether (sulfide) groups is 1. The molecule has 1 aliphatic rings. The number of aromatic nitrogens is 1. The van der Waals surface area contributed by atoms with Gasteiger partial charge >= 0.3 is 0 Å². The van der Waals surface area contributed by atoms with Gasteiger partial charge in [0.25, 0.3) is 0 Å². The lowest BCUT2D eigenvalue weighted by Crippen LogP contribution is -2.27. The van der Waals surface area contributed by atoms with Crippen LogP contribution in [-0.2, 0) is 0 Å². The van der Waals surface area contributed by atoms with Crippen LogP contribution in [0.25, 0.3) is 0 Å². The molecular weight excluding hydrogens is 254 g/mol. The predicted octanol–water partition coefficient (Wildman–Crippen LogP) is 3.30. The molecule has 2 rings (SSSR count). The smallest absolute Gasteiger partial charge is 0.132 e. The minimum Gasteiger partial charge on any atom is -0.369 e. The van der Waals surface area contributed by atoms with Crippen molar-refractivity contribution in [1.29, 1.82) is 5.26 Å². The summed E-state index contributed by atoms with van der Waals surface area (Å²) in [5, 5.41) is 12.5. The third-order valence-electron chi connectivity index (χ3n) is 2.87. The molecule has 1 fully saturated rings.